The molecule has 0 bridgehead atoms. The minimum Gasteiger partial charge on any atom is -0.482 e. The maximum absolute atomic E-state index is 13.0. The minimum atomic E-state index is -0.635. The van der Waals surface area contributed by atoms with Crippen LogP contribution in [0.3, 0.4) is 0 Å². The number of amides is 2. The Labute approximate surface area is 171 Å². The van der Waals surface area contributed by atoms with Crippen molar-refractivity contribution < 1.29 is 14.3 Å². The Morgan fingerprint density at radius 3 is 2.36 bits per heavy atom. The van der Waals surface area contributed by atoms with Crippen molar-refractivity contribution in [3.8, 4) is 5.75 Å². The molecule has 0 aromatic heterocycles. The van der Waals surface area contributed by atoms with Crippen molar-refractivity contribution in [1.82, 2.24) is 10.2 Å². The van der Waals surface area contributed by atoms with Crippen molar-refractivity contribution in [2.24, 2.45) is 0 Å². The second-order valence-corrected chi connectivity index (χ2v) is 7.41. The van der Waals surface area contributed by atoms with E-state index in [1.54, 1.807) is 31.2 Å². The van der Waals surface area contributed by atoms with Crippen molar-refractivity contribution in [2.45, 2.75) is 46.3 Å². The molecule has 0 heterocycles. The third-order valence-corrected chi connectivity index (χ3v) is 4.70. The Balaban J connectivity index is 2.18. The quantitative estimate of drug-likeness (QED) is 0.726. The average Bonchev–Trinajstić information content (AvgIpc) is 2.65. The predicted molar refractivity (Wildman–Crippen MR) is 111 cm³/mol. The molecule has 1 atom stereocenters. The summed E-state index contributed by atoms with van der Waals surface area (Å²) in [5.74, 6) is -0.0445. The van der Waals surface area contributed by atoms with Crippen LogP contribution in [0.25, 0.3) is 0 Å². The Hall–Kier alpha value is -2.53. The topological polar surface area (TPSA) is 58.6 Å². The van der Waals surface area contributed by atoms with Gasteiger partial charge in [-0.1, -0.05) is 48.0 Å². The highest BCUT2D eigenvalue weighted by Gasteiger charge is 2.27. The molecule has 0 saturated heterocycles. The molecule has 5 nitrogen and oxygen atoms in total. The molecule has 2 amide bonds. The lowest BCUT2D eigenvalue weighted by Crippen LogP contribution is -2.50. The molecule has 2 rings (SSSR count). The zero-order chi connectivity index (χ0) is 20.7. The van der Waals surface area contributed by atoms with Gasteiger partial charge in [-0.05, 0) is 51.0 Å². The van der Waals surface area contributed by atoms with E-state index in [1.165, 1.54) is 4.90 Å². The van der Waals surface area contributed by atoms with Gasteiger partial charge in [-0.25, -0.2) is 0 Å². The third kappa shape index (κ3) is 5.99. The summed E-state index contributed by atoms with van der Waals surface area (Å²) in [5, 5.41) is 3.30. The van der Waals surface area contributed by atoms with Crippen molar-refractivity contribution in [3.63, 3.8) is 0 Å². The van der Waals surface area contributed by atoms with E-state index in [-0.39, 0.29) is 24.5 Å². The van der Waals surface area contributed by atoms with Crippen LogP contribution in [0.15, 0.2) is 48.5 Å². The van der Waals surface area contributed by atoms with Crippen molar-refractivity contribution in [1.29, 1.82) is 0 Å². The third-order valence-electron chi connectivity index (χ3n) is 4.39. The fourth-order valence-corrected chi connectivity index (χ4v) is 2.93. The van der Waals surface area contributed by atoms with E-state index in [1.807, 2.05) is 45.0 Å². The number of para-hydroxylation sites is 1. The summed E-state index contributed by atoms with van der Waals surface area (Å²) in [4.78, 5) is 27.0. The first-order valence-corrected chi connectivity index (χ1v) is 9.69. The maximum atomic E-state index is 13.0. The molecular weight excluding hydrogens is 376 g/mol. The predicted octanol–water partition coefficient (Wildman–Crippen LogP) is 3.97. The van der Waals surface area contributed by atoms with Crippen molar-refractivity contribution in [2.75, 3.05) is 6.61 Å². The second kappa shape index (κ2) is 10.1. The van der Waals surface area contributed by atoms with Gasteiger partial charge in [0.1, 0.15) is 11.8 Å². The first kappa shape index (κ1) is 21.8. The summed E-state index contributed by atoms with van der Waals surface area (Å²) in [6.07, 6.45) is 0. The standard InChI is InChI=1S/C22H27ClN2O3/c1-15(2)24-22(27)17(4)25(13-18-10-6-5-9-16(18)3)21(26)14-28-20-12-8-7-11-19(20)23/h5-12,15,17H,13-14H2,1-4H3,(H,24,27)/t17-/m0/s1. The van der Waals surface area contributed by atoms with Crippen LogP contribution in [0.4, 0.5) is 0 Å². The number of carbonyl (C=O) groups excluding carboxylic acids is 2. The van der Waals surface area contributed by atoms with Crippen LogP contribution >= 0.6 is 11.6 Å². The molecule has 0 aliphatic heterocycles. The second-order valence-electron chi connectivity index (χ2n) is 7.01. The van der Waals surface area contributed by atoms with Crippen molar-refractivity contribution in [3.05, 3.63) is 64.7 Å². The van der Waals surface area contributed by atoms with Gasteiger partial charge in [0.25, 0.3) is 5.91 Å². The summed E-state index contributed by atoms with van der Waals surface area (Å²) < 4.78 is 5.60. The van der Waals surface area contributed by atoms with Gasteiger partial charge in [-0.15, -0.1) is 0 Å². The number of hydrogen-bond acceptors (Lipinski definition) is 3. The molecule has 28 heavy (non-hydrogen) atoms. The molecular formula is C22H27ClN2O3. The molecule has 0 aliphatic carbocycles. The highest BCUT2D eigenvalue weighted by atomic mass is 35.5. The van der Waals surface area contributed by atoms with E-state index in [2.05, 4.69) is 5.32 Å². The lowest BCUT2D eigenvalue weighted by molar-refractivity contribution is -0.142. The molecule has 0 spiro atoms. The molecule has 0 saturated carbocycles. The fourth-order valence-electron chi connectivity index (χ4n) is 2.74. The largest absolute Gasteiger partial charge is 0.482 e. The lowest BCUT2D eigenvalue weighted by Gasteiger charge is -2.29. The molecule has 0 fully saturated rings. The zero-order valence-corrected chi connectivity index (χ0v) is 17.5. The summed E-state index contributed by atoms with van der Waals surface area (Å²) in [6, 6.07) is 14.1. The Morgan fingerprint density at radius 1 is 1.07 bits per heavy atom. The van der Waals surface area contributed by atoms with Crippen LogP contribution < -0.4 is 10.1 Å². The smallest absolute Gasteiger partial charge is 0.261 e. The lowest BCUT2D eigenvalue weighted by atomic mass is 10.1. The molecule has 2 aromatic rings. The van der Waals surface area contributed by atoms with Gasteiger partial charge < -0.3 is 15.0 Å². The van der Waals surface area contributed by atoms with E-state index < -0.39 is 6.04 Å². The first-order valence-electron chi connectivity index (χ1n) is 9.31. The summed E-state index contributed by atoms with van der Waals surface area (Å²) in [5.41, 5.74) is 2.04. The van der Waals surface area contributed by atoms with Crippen LogP contribution in [0, 0.1) is 6.92 Å². The summed E-state index contributed by atoms with van der Waals surface area (Å²) >= 11 is 6.09. The number of hydrogen-bond donors (Lipinski definition) is 1. The van der Waals surface area contributed by atoms with E-state index in [9.17, 15) is 9.59 Å². The van der Waals surface area contributed by atoms with Crippen LogP contribution in [0.2, 0.25) is 5.02 Å². The van der Waals surface area contributed by atoms with Crippen LogP contribution in [0.1, 0.15) is 31.9 Å². The number of rotatable bonds is 8. The zero-order valence-electron chi connectivity index (χ0n) is 16.7. The molecule has 1 N–H and O–H groups in total. The average molecular weight is 403 g/mol. The van der Waals surface area contributed by atoms with Gasteiger partial charge in [0, 0.05) is 12.6 Å². The van der Waals surface area contributed by atoms with Crippen LogP contribution in [-0.2, 0) is 16.1 Å². The number of nitrogens with one attached hydrogen (secondary N) is 1. The van der Waals surface area contributed by atoms with E-state index >= 15 is 0 Å². The molecule has 0 radical (unpaired) electrons. The van der Waals surface area contributed by atoms with Gasteiger partial charge in [0.05, 0.1) is 5.02 Å². The molecule has 150 valence electrons. The molecule has 0 unspecified atom stereocenters. The molecule has 0 aliphatic rings. The molecule has 2 aromatic carbocycles. The van der Waals surface area contributed by atoms with Gasteiger partial charge in [-0.2, -0.15) is 0 Å². The SMILES string of the molecule is Cc1ccccc1CN(C(=O)COc1ccccc1Cl)[C@@H](C)C(=O)NC(C)C. The number of nitrogens with zero attached hydrogens (tertiary/aromatic N) is 1. The Kier molecular flexibility index (Phi) is 7.88. The van der Waals surface area contributed by atoms with Gasteiger partial charge in [0.2, 0.25) is 5.91 Å². The normalized spacial score (nSPS) is 11.8. The monoisotopic (exact) mass is 402 g/mol. The molecule has 6 heteroatoms. The van der Waals surface area contributed by atoms with Crippen LogP contribution in [0.5, 0.6) is 5.75 Å². The minimum absolute atomic E-state index is 0.00950. The Morgan fingerprint density at radius 2 is 1.71 bits per heavy atom. The fraction of sp³-hybridized carbons (Fsp3) is 0.364. The van der Waals surface area contributed by atoms with Crippen LogP contribution in [-0.4, -0.2) is 35.4 Å². The number of ether oxygens (including phenoxy) is 1. The maximum Gasteiger partial charge on any atom is 0.261 e. The van der Waals surface area contributed by atoms with Crippen molar-refractivity contribution >= 4 is 23.4 Å². The number of halogens is 1. The number of aryl methyl sites for hydroxylation is 1. The van der Waals surface area contributed by atoms with Gasteiger partial charge >= 0.3 is 0 Å². The Bertz CT molecular complexity index is 823. The van der Waals surface area contributed by atoms with Gasteiger partial charge in [-0.3, -0.25) is 9.59 Å². The highest BCUT2D eigenvalue weighted by molar-refractivity contribution is 6.32. The number of carbonyl (C=O) groups is 2. The van der Waals surface area contributed by atoms with E-state index in [0.29, 0.717) is 17.3 Å². The first-order chi connectivity index (χ1) is 13.3. The summed E-state index contributed by atoms with van der Waals surface area (Å²) in [7, 11) is 0. The van der Waals surface area contributed by atoms with E-state index in [0.717, 1.165) is 11.1 Å². The van der Waals surface area contributed by atoms with E-state index in [4.69, 9.17) is 16.3 Å². The van der Waals surface area contributed by atoms with Gasteiger partial charge in [0.15, 0.2) is 6.61 Å². The highest BCUT2D eigenvalue weighted by Crippen LogP contribution is 2.23. The number of benzene rings is 2. The summed E-state index contributed by atoms with van der Waals surface area (Å²) in [6.45, 7) is 7.61.